The fourth-order valence-electron chi connectivity index (χ4n) is 6.33. The molecule has 3 N–H and O–H groups in total. The highest BCUT2D eigenvalue weighted by Crippen LogP contribution is 2.48. The summed E-state index contributed by atoms with van der Waals surface area (Å²) in [6.07, 6.45) is 8.39. The molecule has 1 aliphatic carbocycles. The Bertz CT molecular complexity index is 2050. The van der Waals surface area contributed by atoms with E-state index in [4.69, 9.17) is 9.52 Å². The molecule has 2 heterocycles. The second kappa shape index (κ2) is 15.2. The van der Waals surface area contributed by atoms with E-state index in [1.807, 2.05) is 67.8 Å². The lowest BCUT2D eigenvalue weighted by molar-refractivity contribution is -0.137. The molecule has 2 aliphatic heterocycles. The summed E-state index contributed by atoms with van der Waals surface area (Å²) in [5.74, 6) is 0.306. The molecular formula is C37H49N2O9S2+. The Balaban J connectivity index is 1.77. The van der Waals surface area contributed by atoms with E-state index >= 15 is 0 Å². The number of anilines is 1. The lowest BCUT2D eigenvalue weighted by Gasteiger charge is -2.27. The third-order valence-corrected chi connectivity index (χ3v) is 10.7. The topological polar surface area (TPSA) is 165 Å². The summed E-state index contributed by atoms with van der Waals surface area (Å²) < 4.78 is 74.0. The fourth-order valence-corrected chi connectivity index (χ4v) is 7.34. The Labute approximate surface area is 295 Å². The molecule has 0 spiro atoms. The number of carbonyl (C=O) groups is 1. The molecule has 3 aliphatic rings. The lowest BCUT2D eigenvalue weighted by Crippen LogP contribution is -2.31. The molecule has 0 amide bonds. The van der Waals surface area contributed by atoms with Crippen LogP contribution in [0, 0.1) is 0 Å². The predicted octanol–water partition coefficient (Wildman–Crippen LogP) is 6.34. The average molecular weight is 730 g/mol. The smallest absolute Gasteiger partial charge is 0.303 e. The third kappa shape index (κ3) is 9.51. The van der Waals surface area contributed by atoms with E-state index in [0.29, 0.717) is 31.8 Å². The van der Waals surface area contributed by atoms with Crippen LogP contribution in [0.4, 0.5) is 5.69 Å². The van der Waals surface area contributed by atoms with E-state index in [2.05, 4.69) is 25.7 Å². The number of hydrogen-bond donors (Lipinski definition) is 3. The molecular weight excluding hydrogens is 681 g/mol. The second-order valence-electron chi connectivity index (χ2n) is 14.3. The molecule has 0 saturated carbocycles. The molecule has 1 aromatic rings. The van der Waals surface area contributed by atoms with Crippen molar-refractivity contribution in [2.24, 2.45) is 0 Å². The van der Waals surface area contributed by atoms with Crippen molar-refractivity contribution < 1.29 is 40.3 Å². The summed E-state index contributed by atoms with van der Waals surface area (Å²) in [5, 5.41) is 9.92. The van der Waals surface area contributed by atoms with Crippen LogP contribution < -0.4 is 14.8 Å². The first-order valence-corrected chi connectivity index (χ1v) is 19.9. The molecule has 11 nitrogen and oxygen atoms in total. The highest BCUT2D eigenvalue weighted by atomic mass is 32.2. The van der Waals surface area contributed by atoms with Crippen LogP contribution in [-0.2, 0) is 35.9 Å². The zero-order valence-electron chi connectivity index (χ0n) is 29.6. The number of aliphatic carboxylic acids is 1. The molecule has 50 heavy (non-hydrogen) atoms. The maximum atomic E-state index is 12.0. The van der Waals surface area contributed by atoms with Gasteiger partial charge in [0.1, 0.15) is 24.6 Å². The van der Waals surface area contributed by atoms with Crippen molar-refractivity contribution in [3.8, 4) is 11.3 Å². The van der Waals surface area contributed by atoms with Gasteiger partial charge in [-0.2, -0.15) is 16.8 Å². The molecule has 0 unspecified atom stereocenters. The van der Waals surface area contributed by atoms with Crippen LogP contribution in [0.15, 0.2) is 69.6 Å². The summed E-state index contributed by atoms with van der Waals surface area (Å²) in [5.41, 5.74) is 3.43. The van der Waals surface area contributed by atoms with Crippen molar-refractivity contribution in [3.63, 3.8) is 0 Å². The minimum atomic E-state index is -4.41. The van der Waals surface area contributed by atoms with E-state index in [1.54, 1.807) is 6.07 Å². The van der Waals surface area contributed by atoms with Gasteiger partial charge in [-0.3, -0.25) is 13.9 Å². The molecule has 0 bridgehead atoms. The van der Waals surface area contributed by atoms with Gasteiger partial charge < -0.3 is 14.4 Å². The summed E-state index contributed by atoms with van der Waals surface area (Å²) in [6, 6.07) is 12.6. The van der Waals surface area contributed by atoms with Gasteiger partial charge in [-0.25, -0.2) is 4.58 Å². The van der Waals surface area contributed by atoms with E-state index < -0.39 is 31.6 Å². The maximum absolute atomic E-state index is 12.0. The predicted molar refractivity (Wildman–Crippen MR) is 196 cm³/mol. The molecule has 4 rings (SSSR count). The highest BCUT2D eigenvalue weighted by molar-refractivity contribution is 7.86. The largest absolute Gasteiger partial charge is 0.481 e. The molecule has 272 valence electrons. The summed E-state index contributed by atoms with van der Waals surface area (Å²) >= 11 is 0. The quantitative estimate of drug-likeness (QED) is 0.0969. The van der Waals surface area contributed by atoms with Crippen molar-refractivity contribution >= 4 is 38.0 Å². The van der Waals surface area contributed by atoms with Gasteiger partial charge in [0.15, 0.2) is 0 Å². The lowest BCUT2D eigenvalue weighted by atomic mass is 9.83. The van der Waals surface area contributed by atoms with Crippen molar-refractivity contribution in [1.82, 2.24) is 4.58 Å². The van der Waals surface area contributed by atoms with Crippen LogP contribution in [0.25, 0.3) is 17.4 Å². The van der Waals surface area contributed by atoms with Crippen molar-refractivity contribution in [3.05, 3.63) is 82.6 Å². The van der Waals surface area contributed by atoms with Gasteiger partial charge in [0.25, 0.3) is 20.2 Å². The minimum Gasteiger partial charge on any atom is -0.481 e. The second-order valence-corrected chi connectivity index (χ2v) is 17.3. The van der Waals surface area contributed by atoms with E-state index in [0.717, 1.165) is 52.0 Å². The van der Waals surface area contributed by atoms with Crippen LogP contribution in [0.5, 0.6) is 0 Å². The minimum absolute atomic E-state index is 0.102. The normalized spacial score (nSPS) is 16.4. The number of benzene rings is 2. The number of fused-ring (bicyclic) bond motifs is 2. The number of rotatable bonds is 14. The Morgan fingerprint density at radius 2 is 1.70 bits per heavy atom. The highest BCUT2D eigenvalue weighted by Gasteiger charge is 2.40. The van der Waals surface area contributed by atoms with Gasteiger partial charge in [-0.15, -0.1) is 0 Å². The SMILES string of the molecule is CC[N+](CCCS(=O)(=O)O)=c1ccc2c(/C=C/C=C3\N(CCCCCC(=O)O)c4ccc(S(=O)(=O)O)cc4C3(C)C)cc(C(C)(C)C)oc-2c1. The molecule has 0 atom stereocenters. The van der Waals surface area contributed by atoms with Crippen LogP contribution in [-0.4, -0.2) is 62.4 Å². The number of hydrogen-bond acceptors (Lipinski definition) is 7. The van der Waals surface area contributed by atoms with Crippen LogP contribution in [0.3, 0.4) is 0 Å². The van der Waals surface area contributed by atoms with Crippen LogP contribution in [0.1, 0.15) is 90.5 Å². The van der Waals surface area contributed by atoms with Crippen LogP contribution >= 0.6 is 0 Å². The molecule has 0 radical (unpaired) electrons. The molecule has 0 saturated heterocycles. The number of nitrogens with zero attached hydrogens (tertiary/aromatic N) is 2. The Hall–Kier alpha value is -3.78. The van der Waals surface area contributed by atoms with E-state index in [1.165, 1.54) is 12.1 Å². The number of allylic oxidation sites excluding steroid dienone is 3. The molecule has 0 aromatic heterocycles. The summed E-state index contributed by atoms with van der Waals surface area (Å²) in [7, 11) is -8.45. The number of carboxylic acids is 1. The van der Waals surface area contributed by atoms with E-state index in [-0.39, 0.29) is 28.9 Å². The molecule has 1 aromatic carbocycles. The standard InChI is InChI=1S/C37H48N2O9S2/c1-7-38(20-12-22-49(42,43)44)27-16-18-29-26(23-34(36(2,3)4)48-32(29)24-27)13-11-14-33-37(5,6)30-25-28(50(45,46)47)17-19-31(30)39(33)21-10-8-9-15-35(40)41/h11,13-14,16-19,23-25H,7-10,12,15,20-22H2,1-6H3,(H2-,40,41,42,43,44,45,46,47)/p+1. The van der Waals surface area contributed by atoms with Crippen molar-refractivity contribution in [1.29, 1.82) is 0 Å². The first-order chi connectivity index (χ1) is 23.2. The first kappa shape index (κ1) is 39.0. The Morgan fingerprint density at radius 3 is 2.32 bits per heavy atom. The zero-order valence-corrected chi connectivity index (χ0v) is 31.3. The fraction of sp³-hybridized carbons (Fsp3) is 0.459. The third-order valence-electron chi connectivity index (χ3n) is 9.06. The average Bonchev–Trinajstić information content (AvgIpc) is 3.22. The Kier molecular flexibility index (Phi) is 11.9. The monoisotopic (exact) mass is 729 g/mol. The van der Waals surface area contributed by atoms with Gasteiger partial charge in [0, 0.05) is 53.2 Å². The van der Waals surface area contributed by atoms with Crippen molar-refractivity contribution in [2.75, 3.05) is 30.3 Å². The van der Waals surface area contributed by atoms with E-state index in [9.17, 15) is 30.7 Å². The Morgan fingerprint density at radius 1 is 0.980 bits per heavy atom. The van der Waals surface area contributed by atoms with Gasteiger partial charge >= 0.3 is 5.97 Å². The maximum Gasteiger partial charge on any atom is 0.303 e. The van der Waals surface area contributed by atoms with Gasteiger partial charge in [0.05, 0.1) is 16.7 Å². The molecule has 13 heteroatoms. The number of carboxylic acid groups (broad SMARTS) is 1. The van der Waals surface area contributed by atoms with Crippen molar-refractivity contribution in [2.45, 2.75) is 89.4 Å². The first-order valence-electron chi connectivity index (χ1n) is 16.8. The van der Waals surface area contributed by atoms with Gasteiger partial charge in [-0.05, 0) is 67.3 Å². The molecule has 0 fully saturated rings. The van der Waals surface area contributed by atoms with Crippen LogP contribution in [0.2, 0.25) is 0 Å². The number of unbranched alkanes of at least 4 members (excludes halogenated alkanes) is 2. The zero-order chi connectivity index (χ0) is 37.1. The summed E-state index contributed by atoms with van der Waals surface area (Å²) in [6.45, 7) is 13.9. The summed E-state index contributed by atoms with van der Waals surface area (Å²) in [4.78, 5) is 13.0. The van der Waals surface area contributed by atoms with Gasteiger partial charge in [-0.1, -0.05) is 53.2 Å². The van der Waals surface area contributed by atoms with Gasteiger partial charge in [0.2, 0.25) is 5.36 Å².